The lowest BCUT2D eigenvalue weighted by atomic mass is 10.1. The number of hydrogen-bond acceptors (Lipinski definition) is 3. The van der Waals surface area contributed by atoms with E-state index in [1.165, 1.54) is 0 Å². The van der Waals surface area contributed by atoms with Gasteiger partial charge in [0.25, 0.3) is 0 Å². The number of nitrogens with zero attached hydrogens (tertiary/aromatic N) is 1. The number of fused-ring (bicyclic) bond motifs is 4. The Balaban J connectivity index is 2.25. The van der Waals surface area contributed by atoms with Crippen molar-refractivity contribution in [2.45, 2.75) is 0 Å². The molecule has 0 aromatic heterocycles. The summed E-state index contributed by atoms with van der Waals surface area (Å²) in [5, 5.41) is 1.66. The summed E-state index contributed by atoms with van der Waals surface area (Å²) >= 11 is 5.07. The van der Waals surface area contributed by atoms with Crippen LogP contribution in [0, 0.1) is 0 Å². The Labute approximate surface area is 127 Å². The third kappa shape index (κ3) is 1.76. The molecule has 1 aliphatic heterocycles. The van der Waals surface area contributed by atoms with Crippen LogP contribution in [0.5, 0.6) is 0 Å². The molecule has 0 saturated heterocycles. The van der Waals surface area contributed by atoms with Crippen molar-refractivity contribution in [3.8, 4) is 10.6 Å². The van der Waals surface area contributed by atoms with E-state index >= 15 is 0 Å². The van der Waals surface area contributed by atoms with E-state index < -0.39 is 0 Å². The van der Waals surface area contributed by atoms with Gasteiger partial charge in [0, 0.05) is 21.3 Å². The molecule has 0 N–H and O–H groups in total. The maximum absolute atomic E-state index is 12.2. The van der Waals surface area contributed by atoms with Crippen LogP contribution in [0.4, 0.5) is 0 Å². The Morgan fingerprint density at radius 3 is 2.65 bits per heavy atom. The van der Waals surface area contributed by atoms with Crippen molar-refractivity contribution >= 4 is 48.3 Å². The molecule has 4 rings (SSSR count). The number of hydrogen-bond donors (Lipinski definition) is 0. The smallest absolute Gasteiger partial charge is 0.188 e. The van der Waals surface area contributed by atoms with E-state index in [0.29, 0.717) is 0 Å². The predicted octanol–water partition coefficient (Wildman–Crippen LogP) is 4.68. The molecule has 0 saturated carbocycles. The molecule has 0 fully saturated rings. The van der Waals surface area contributed by atoms with Crippen molar-refractivity contribution in [3.05, 3.63) is 63.2 Å². The van der Waals surface area contributed by atoms with Crippen LogP contribution >= 0.6 is 27.3 Å². The summed E-state index contributed by atoms with van der Waals surface area (Å²) in [6.45, 7) is 0. The minimum atomic E-state index is 0.0560. The zero-order valence-corrected chi connectivity index (χ0v) is 12.7. The highest BCUT2D eigenvalue weighted by Gasteiger charge is 2.13. The number of rotatable bonds is 0. The molecule has 1 heterocycles. The highest BCUT2D eigenvalue weighted by Crippen LogP contribution is 2.34. The molecule has 0 radical (unpaired) electrons. The summed E-state index contributed by atoms with van der Waals surface area (Å²) in [5.41, 5.74) is 1.91. The third-order valence-electron chi connectivity index (χ3n) is 3.32. The first kappa shape index (κ1) is 12.0. The molecule has 2 aromatic rings. The number of halogens is 1. The normalized spacial score (nSPS) is 11.4. The van der Waals surface area contributed by atoms with Crippen molar-refractivity contribution in [1.82, 2.24) is 4.98 Å². The van der Waals surface area contributed by atoms with E-state index in [2.05, 4.69) is 15.9 Å². The molecule has 2 nitrogen and oxygen atoms in total. The molecule has 0 amide bonds. The summed E-state index contributed by atoms with van der Waals surface area (Å²) in [5.74, 6) is 0. The predicted molar refractivity (Wildman–Crippen MR) is 87.7 cm³/mol. The molecule has 4 heteroatoms. The van der Waals surface area contributed by atoms with E-state index in [1.807, 2.05) is 42.5 Å². The Bertz CT molecular complexity index is 992. The highest BCUT2D eigenvalue weighted by atomic mass is 79.9. The van der Waals surface area contributed by atoms with Crippen molar-refractivity contribution in [2.75, 3.05) is 0 Å². The van der Waals surface area contributed by atoms with E-state index in [0.717, 1.165) is 36.0 Å². The van der Waals surface area contributed by atoms with E-state index in [1.54, 1.807) is 17.4 Å². The Hall–Kier alpha value is -1.78. The molecule has 1 aliphatic carbocycles. The Kier molecular flexibility index (Phi) is 2.62. The van der Waals surface area contributed by atoms with Gasteiger partial charge >= 0.3 is 0 Å². The van der Waals surface area contributed by atoms with Gasteiger partial charge in [-0.2, -0.15) is 0 Å². The molecule has 0 spiro atoms. The van der Waals surface area contributed by atoms with Crippen LogP contribution in [0.2, 0.25) is 0 Å². The van der Waals surface area contributed by atoms with Crippen LogP contribution in [-0.2, 0) is 0 Å². The molecular formula is C16H8BrNOS. The van der Waals surface area contributed by atoms with E-state index in [-0.39, 0.29) is 5.43 Å². The van der Waals surface area contributed by atoms with E-state index in [4.69, 9.17) is 4.98 Å². The maximum Gasteiger partial charge on any atom is 0.188 e. The lowest BCUT2D eigenvalue weighted by molar-refractivity contribution is 1.44. The first-order valence-electron chi connectivity index (χ1n) is 6.14. The first-order chi connectivity index (χ1) is 9.72. The van der Waals surface area contributed by atoms with Crippen LogP contribution in [-0.4, -0.2) is 4.98 Å². The van der Waals surface area contributed by atoms with Gasteiger partial charge in [-0.3, -0.25) is 4.79 Å². The second kappa shape index (κ2) is 4.36. The first-order valence-corrected chi connectivity index (χ1v) is 7.75. The fourth-order valence-corrected chi connectivity index (χ4v) is 3.97. The zero-order chi connectivity index (χ0) is 13.7. The van der Waals surface area contributed by atoms with E-state index in [9.17, 15) is 4.79 Å². The third-order valence-corrected chi connectivity index (χ3v) is 4.89. The molecule has 96 valence electrons. The molecule has 0 unspecified atom stereocenters. The molecule has 2 aromatic carbocycles. The number of benzene rings is 3. The van der Waals surface area contributed by atoms with Crippen LogP contribution in [0.25, 0.3) is 31.6 Å². The van der Waals surface area contributed by atoms with Gasteiger partial charge in [-0.15, -0.1) is 11.3 Å². The second-order valence-electron chi connectivity index (χ2n) is 4.59. The quantitative estimate of drug-likeness (QED) is 0.343. The van der Waals surface area contributed by atoms with Crippen molar-refractivity contribution in [1.29, 1.82) is 0 Å². The zero-order valence-electron chi connectivity index (χ0n) is 10.3. The minimum Gasteiger partial charge on any atom is -0.289 e. The SMILES string of the molecule is O=c1cc2sc3cc(Br)ccc3nc-2c2ccccc12. The minimum absolute atomic E-state index is 0.0560. The summed E-state index contributed by atoms with van der Waals surface area (Å²) in [7, 11) is 0. The second-order valence-corrected chi connectivity index (χ2v) is 6.59. The van der Waals surface area contributed by atoms with Gasteiger partial charge in [0.2, 0.25) is 0 Å². The molecule has 2 aliphatic rings. The van der Waals surface area contributed by atoms with Crippen molar-refractivity contribution in [2.24, 2.45) is 0 Å². The average molecular weight is 342 g/mol. The lowest BCUT2D eigenvalue weighted by Crippen LogP contribution is -2.02. The van der Waals surface area contributed by atoms with Gasteiger partial charge in [-0.05, 0) is 18.2 Å². The van der Waals surface area contributed by atoms with Gasteiger partial charge in [-0.25, -0.2) is 4.98 Å². The molecule has 20 heavy (non-hydrogen) atoms. The Morgan fingerprint density at radius 2 is 1.80 bits per heavy atom. The molecule has 0 atom stereocenters. The highest BCUT2D eigenvalue weighted by molar-refractivity contribution is 9.10. The summed E-state index contributed by atoms with van der Waals surface area (Å²) in [4.78, 5) is 17.8. The van der Waals surface area contributed by atoms with Gasteiger partial charge in [0.05, 0.1) is 20.8 Å². The standard InChI is InChI=1S/C16H8BrNOS/c17-9-5-6-12-14(7-9)20-15-8-13(19)10-3-1-2-4-11(10)16(15)18-12/h1-8H. The Morgan fingerprint density at radius 1 is 1.00 bits per heavy atom. The topological polar surface area (TPSA) is 30.0 Å². The maximum atomic E-state index is 12.2. The number of aromatic nitrogens is 1. The van der Waals surface area contributed by atoms with Gasteiger partial charge < -0.3 is 0 Å². The fraction of sp³-hybridized carbons (Fsp3) is 0. The van der Waals surface area contributed by atoms with Crippen LogP contribution < -0.4 is 5.43 Å². The fourth-order valence-electron chi connectivity index (χ4n) is 2.40. The van der Waals surface area contributed by atoms with Crippen molar-refractivity contribution in [3.63, 3.8) is 0 Å². The molecular weight excluding hydrogens is 334 g/mol. The van der Waals surface area contributed by atoms with Gasteiger partial charge in [0.15, 0.2) is 5.43 Å². The molecule has 0 bridgehead atoms. The average Bonchev–Trinajstić information content (AvgIpc) is 2.46. The lowest BCUT2D eigenvalue weighted by Gasteiger charge is -2.09. The van der Waals surface area contributed by atoms with Crippen LogP contribution in [0.3, 0.4) is 0 Å². The van der Waals surface area contributed by atoms with Crippen molar-refractivity contribution < 1.29 is 0 Å². The van der Waals surface area contributed by atoms with Crippen LogP contribution in [0.15, 0.2) is 57.8 Å². The largest absolute Gasteiger partial charge is 0.289 e. The summed E-state index contributed by atoms with van der Waals surface area (Å²) < 4.78 is 2.09. The summed E-state index contributed by atoms with van der Waals surface area (Å²) in [6.07, 6.45) is 0. The monoisotopic (exact) mass is 341 g/mol. The van der Waals surface area contributed by atoms with Gasteiger partial charge in [-0.1, -0.05) is 40.2 Å². The van der Waals surface area contributed by atoms with Crippen LogP contribution in [0.1, 0.15) is 0 Å². The summed E-state index contributed by atoms with van der Waals surface area (Å²) in [6, 6.07) is 15.4. The van der Waals surface area contributed by atoms with Gasteiger partial charge in [0.1, 0.15) is 0 Å².